The van der Waals surface area contributed by atoms with Gasteiger partial charge >= 0.3 is 17.9 Å². The van der Waals surface area contributed by atoms with Crippen LogP contribution in [-0.4, -0.2) is 58.5 Å². The Morgan fingerprint density at radius 1 is 1.09 bits per heavy atom. The molecule has 9 heteroatoms. The lowest BCUT2D eigenvalue weighted by atomic mass is 9.61. The normalized spacial score (nSPS) is 42.8. The standard InChI is InChI=1S/C24H32O9/c1-7-11(2)18(27)32-17-10-15-20(31-13(4)26)33-19(30-12(3)25)14-8-9-16-22(5,6)24(17,29)21(28)23(14,15)16/h7,10,14,16-17,19-21,28-29H,8-9H2,1-6H3/b11-7+/t14-,16-,17+,19-,20-,21-,23?,24-/m1/s1. The van der Waals surface area contributed by atoms with Gasteiger partial charge in [0.2, 0.25) is 12.6 Å². The molecule has 1 saturated heterocycles. The van der Waals surface area contributed by atoms with E-state index >= 15 is 0 Å². The van der Waals surface area contributed by atoms with Crippen molar-refractivity contribution < 1.29 is 43.5 Å². The second-order valence-electron chi connectivity index (χ2n) is 10.1. The minimum Gasteiger partial charge on any atom is -0.452 e. The van der Waals surface area contributed by atoms with Crippen LogP contribution >= 0.6 is 0 Å². The number of hydrogen-bond donors (Lipinski definition) is 2. The molecule has 1 unspecified atom stereocenters. The third-order valence-corrected chi connectivity index (χ3v) is 8.38. The van der Waals surface area contributed by atoms with Crippen molar-refractivity contribution in [1.29, 1.82) is 0 Å². The number of carbonyl (C=O) groups is 3. The third kappa shape index (κ3) is 2.98. The molecule has 2 bridgehead atoms. The van der Waals surface area contributed by atoms with Crippen molar-refractivity contribution in [1.82, 2.24) is 0 Å². The highest BCUT2D eigenvalue weighted by atomic mass is 16.8. The van der Waals surface area contributed by atoms with Gasteiger partial charge in [-0.25, -0.2) is 4.79 Å². The Labute approximate surface area is 192 Å². The molecule has 1 spiro atoms. The van der Waals surface area contributed by atoms with Gasteiger partial charge in [0.15, 0.2) is 6.10 Å². The maximum atomic E-state index is 12.6. The number of esters is 3. The monoisotopic (exact) mass is 464 g/mol. The van der Waals surface area contributed by atoms with E-state index in [2.05, 4.69) is 0 Å². The molecule has 0 aromatic carbocycles. The summed E-state index contributed by atoms with van der Waals surface area (Å²) in [7, 11) is 0. The highest BCUT2D eigenvalue weighted by molar-refractivity contribution is 5.88. The van der Waals surface area contributed by atoms with Crippen LogP contribution in [0.25, 0.3) is 0 Å². The van der Waals surface area contributed by atoms with Crippen molar-refractivity contribution in [3.8, 4) is 0 Å². The minimum absolute atomic E-state index is 0.271. The predicted octanol–water partition coefficient (Wildman–Crippen LogP) is 1.76. The molecule has 182 valence electrons. The smallest absolute Gasteiger partial charge is 0.334 e. The number of hydrogen-bond acceptors (Lipinski definition) is 9. The van der Waals surface area contributed by atoms with Crippen LogP contribution in [0.15, 0.2) is 23.3 Å². The molecule has 1 heterocycles. The van der Waals surface area contributed by atoms with Crippen molar-refractivity contribution in [3.63, 3.8) is 0 Å². The average Bonchev–Trinajstić information content (AvgIpc) is 3.16. The van der Waals surface area contributed by atoms with Gasteiger partial charge in [0, 0.05) is 41.7 Å². The van der Waals surface area contributed by atoms with E-state index in [9.17, 15) is 24.6 Å². The lowest BCUT2D eigenvalue weighted by Crippen LogP contribution is -2.66. The second kappa shape index (κ2) is 7.65. The summed E-state index contributed by atoms with van der Waals surface area (Å²) in [6.45, 7) is 9.46. The Bertz CT molecular complexity index is 950. The third-order valence-electron chi connectivity index (χ3n) is 8.38. The zero-order chi connectivity index (χ0) is 24.5. The van der Waals surface area contributed by atoms with Crippen molar-refractivity contribution in [2.75, 3.05) is 0 Å². The van der Waals surface area contributed by atoms with Crippen molar-refractivity contribution >= 4 is 17.9 Å². The van der Waals surface area contributed by atoms with Crippen molar-refractivity contribution in [3.05, 3.63) is 23.3 Å². The Morgan fingerprint density at radius 2 is 1.73 bits per heavy atom. The van der Waals surface area contributed by atoms with Gasteiger partial charge in [0.05, 0.1) is 6.10 Å². The minimum atomic E-state index is -1.82. The van der Waals surface area contributed by atoms with Gasteiger partial charge in [-0.2, -0.15) is 0 Å². The van der Waals surface area contributed by atoms with Crippen LogP contribution in [0.1, 0.15) is 54.4 Å². The fourth-order valence-electron chi connectivity index (χ4n) is 6.86. The van der Waals surface area contributed by atoms with Gasteiger partial charge in [0.25, 0.3) is 0 Å². The summed E-state index contributed by atoms with van der Waals surface area (Å²) >= 11 is 0. The van der Waals surface area contributed by atoms with E-state index in [1.807, 2.05) is 13.8 Å². The number of rotatable bonds is 4. The topological polar surface area (TPSA) is 129 Å². The molecule has 3 aliphatic carbocycles. The maximum absolute atomic E-state index is 12.6. The first-order chi connectivity index (χ1) is 15.3. The zero-order valence-corrected chi connectivity index (χ0v) is 19.8. The van der Waals surface area contributed by atoms with Gasteiger partial charge in [-0.1, -0.05) is 19.9 Å². The van der Waals surface area contributed by atoms with Gasteiger partial charge in [-0.15, -0.1) is 0 Å². The lowest BCUT2D eigenvalue weighted by molar-refractivity contribution is -0.288. The highest BCUT2D eigenvalue weighted by Crippen LogP contribution is 2.75. The molecule has 0 aromatic rings. The van der Waals surface area contributed by atoms with E-state index < -0.39 is 65.0 Å². The predicted molar refractivity (Wildman–Crippen MR) is 113 cm³/mol. The van der Waals surface area contributed by atoms with Crippen LogP contribution in [0, 0.1) is 22.7 Å². The van der Waals surface area contributed by atoms with Gasteiger partial charge in [-0.05, 0) is 38.7 Å². The SMILES string of the molecule is C/C=C(\C)C(=O)O[C@H]1C=C2[C@H](OC(C)=O)O[C@@H](OC(C)=O)[C@H]3CC[C@H]4C23[C@@H](O)[C@@]1(O)C4(C)C. The summed E-state index contributed by atoms with van der Waals surface area (Å²) in [5, 5.41) is 23.8. The number of carbonyl (C=O) groups excluding carboxylic acids is 3. The first kappa shape index (κ1) is 23.9. The van der Waals surface area contributed by atoms with Gasteiger partial charge < -0.3 is 24.4 Å². The van der Waals surface area contributed by atoms with Crippen LogP contribution in [0.5, 0.6) is 0 Å². The quantitative estimate of drug-likeness (QED) is 0.277. The van der Waals surface area contributed by atoms with E-state index in [0.29, 0.717) is 24.0 Å². The van der Waals surface area contributed by atoms with Crippen LogP contribution in [0.2, 0.25) is 0 Å². The summed E-state index contributed by atoms with van der Waals surface area (Å²) < 4.78 is 22.5. The Kier molecular flexibility index (Phi) is 5.54. The second-order valence-corrected chi connectivity index (χ2v) is 10.1. The molecule has 33 heavy (non-hydrogen) atoms. The van der Waals surface area contributed by atoms with Gasteiger partial charge in [0.1, 0.15) is 5.60 Å². The summed E-state index contributed by atoms with van der Waals surface area (Å²) in [6, 6.07) is 0. The molecule has 3 fully saturated rings. The molecule has 0 radical (unpaired) electrons. The molecule has 4 aliphatic rings. The summed E-state index contributed by atoms with van der Waals surface area (Å²) in [5.74, 6) is -2.56. The van der Waals surface area contributed by atoms with Crippen molar-refractivity contribution in [2.24, 2.45) is 22.7 Å². The molecule has 9 nitrogen and oxygen atoms in total. The number of ether oxygens (including phenoxy) is 4. The van der Waals surface area contributed by atoms with Crippen molar-refractivity contribution in [2.45, 2.75) is 84.8 Å². The highest BCUT2D eigenvalue weighted by Gasteiger charge is 2.82. The molecular weight excluding hydrogens is 432 g/mol. The molecule has 8 atom stereocenters. The Morgan fingerprint density at radius 3 is 2.30 bits per heavy atom. The number of aliphatic hydroxyl groups excluding tert-OH is 1. The molecule has 0 aromatic heterocycles. The number of allylic oxidation sites excluding steroid dienone is 1. The molecular formula is C24H32O9. The Hall–Kier alpha value is -2.23. The van der Waals surface area contributed by atoms with E-state index in [1.54, 1.807) is 26.0 Å². The number of aliphatic hydroxyl groups is 2. The molecule has 0 amide bonds. The first-order valence-electron chi connectivity index (χ1n) is 11.3. The lowest BCUT2D eigenvalue weighted by Gasteiger charge is -2.53. The van der Waals surface area contributed by atoms with Gasteiger partial charge in [-0.3, -0.25) is 14.3 Å². The van der Waals surface area contributed by atoms with Crippen LogP contribution in [0.4, 0.5) is 0 Å². The fourth-order valence-corrected chi connectivity index (χ4v) is 6.86. The molecule has 2 N–H and O–H groups in total. The van der Waals surface area contributed by atoms with E-state index in [-0.39, 0.29) is 5.92 Å². The molecule has 4 rings (SSSR count). The fraction of sp³-hybridized carbons (Fsp3) is 0.708. The largest absolute Gasteiger partial charge is 0.452 e. The van der Waals surface area contributed by atoms with E-state index in [0.717, 1.165) is 0 Å². The Balaban J connectivity index is 1.91. The summed E-state index contributed by atoms with van der Waals surface area (Å²) in [5.41, 5.74) is -3.00. The number of fused-ring (bicyclic) bond motifs is 1. The van der Waals surface area contributed by atoms with Crippen LogP contribution < -0.4 is 0 Å². The summed E-state index contributed by atoms with van der Waals surface area (Å²) in [4.78, 5) is 36.4. The molecule has 1 aliphatic heterocycles. The zero-order valence-electron chi connectivity index (χ0n) is 19.8. The average molecular weight is 465 g/mol. The first-order valence-corrected chi connectivity index (χ1v) is 11.3. The molecule has 2 saturated carbocycles. The maximum Gasteiger partial charge on any atom is 0.334 e. The van der Waals surface area contributed by atoms with Crippen LogP contribution in [0.3, 0.4) is 0 Å². The summed E-state index contributed by atoms with van der Waals surface area (Å²) in [6.07, 6.45) is -0.565. The van der Waals surface area contributed by atoms with E-state index in [4.69, 9.17) is 18.9 Å². The van der Waals surface area contributed by atoms with E-state index in [1.165, 1.54) is 13.8 Å². The van der Waals surface area contributed by atoms with Crippen LogP contribution in [-0.2, 0) is 33.3 Å².